The molecular formula is C22H25N3O2. The third-order valence-electron chi connectivity index (χ3n) is 4.46. The molecule has 0 aliphatic carbocycles. The number of hydrogen-bond acceptors (Lipinski definition) is 3. The highest BCUT2D eigenvalue weighted by Gasteiger charge is 2.15. The molecule has 0 fully saturated rings. The average Bonchev–Trinajstić information content (AvgIpc) is 3.08. The first-order valence-corrected chi connectivity index (χ1v) is 8.94. The van der Waals surface area contributed by atoms with Gasteiger partial charge in [0.2, 0.25) is 0 Å². The minimum Gasteiger partial charge on any atom is -0.496 e. The topological polar surface area (TPSA) is 56.1 Å². The molecule has 0 unspecified atom stereocenters. The maximum atomic E-state index is 12.6. The van der Waals surface area contributed by atoms with Gasteiger partial charge >= 0.3 is 0 Å². The molecule has 3 aromatic rings. The van der Waals surface area contributed by atoms with E-state index in [1.807, 2.05) is 12.1 Å². The molecule has 1 aromatic heterocycles. The Morgan fingerprint density at radius 3 is 2.44 bits per heavy atom. The van der Waals surface area contributed by atoms with Gasteiger partial charge in [-0.15, -0.1) is 0 Å². The lowest BCUT2D eigenvalue weighted by Crippen LogP contribution is -2.17. The fourth-order valence-electron chi connectivity index (χ4n) is 2.86. The maximum Gasteiger partial charge on any atom is 0.260 e. The molecule has 0 saturated carbocycles. The summed E-state index contributed by atoms with van der Waals surface area (Å²) in [5.41, 5.74) is 3.02. The lowest BCUT2D eigenvalue weighted by Gasteiger charge is -2.19. The fraction of sp³-hybridized carbons (Fsp3) is 0.273. The van der Waals surface area contributed by atoms with E-state index in [-0.39, 0.29) is 11.3 Å². The monoisotopic (exact) mass is 363 g/mol. The predicted molar refractivity (Wildman–Crippen MR) is 107 cm³/mol. The third-order valence-corrected chi connectivity index (χ3v) is 4.46. The Kier molecular flexibility index (Phi) is 5.31. The van der Waals surface area contributed by atoms with Crippen LogP contribution in [0.25, 0.3) is 0 Å². The van der Waals surface area contributed by atoms with E-state index in [1.54, 1.807) is 36.2 Å². The second-order valence-electron chi connectivity index (χ2n) is 7.48. The highest BCUT2D eigenvalue weighted by Crippen LogP contribution is 2.23. The van der Waals surface area contributed by atoms with Crippen molar-refractivity contribution >= 4 is 11.7 Å². The Bertz CT molecular complexity index is 921. The third kappa shape index (κ3) is 4.37. The number of nitrogens with zero attached hydrogens (tertiary/aromatic N) is 2. The average molecular weight is 363 g/mol. The van der Waals surface area contributed by atoms with Gasteiger partial charge in [0.25, 0.3) is 5.91 Å². The van der Waals surface area contributed by atoms with Crippen LogP contribution >= 0.6 is 0 Å². The van der Waals surface area contributed by atoms with Gasteiger partial charge in [0.15, 0.2) is 0 Å². The van der Waals surface area contributed by atoms with E-state index in [2.05, 4.69) is 55.5 Å². The summed E-state index contributed by atoms with van der Waals surface area (Å²) >= 11 is 0. The molecular weight excluding hydrogens is 338 g/mol. The molecule has 5 nitrogen and oxygen atoms in total. The Morgan fingerprint density at radius 2 is 1.78 bits per heavy atom. The van der Waals surface area contributed by atoms with Gasteiger partial charge < -0.3 is 10.1 Å². The summed E-state index contributed by atoms with van der Waals surface area (Å²) in [6.45, 7) is 7.17. The number of carbonyl (C=O) groups excluding carboxylic acids is 1. The quantitative estimate of drug-likeness (QED) is 0.727. The van der Waals surface area contributed by atoms with Gasteiger partial charge in [0.1, 0.15) is 11.6 Å². The van der Waals surface area contributed by atoms with Crippen LogP contribution in [0, 0.1) is 0 Å². The van der Waals surface area contributed by atoms with Crippen LogP contribution in [0.4, 0.5) is 5.82 Å². The van der Waals surface area contributed by atoms with Crippen molar-refractivity contribution in [2.24, 2.45) is 0 Å². The molecule has 0 aliphatic heterocycles. The number of anilines is 1. The van der Waals surface area contributed by atoms with Crippen molar-refractivity contribution in [2.45, 2.75) is 32.7 Å². The minimum atomic E-state index is -0.225. The van der Waals surface area contributed by atoms with E-state index in [0.29, 0.717) is 23.7 Å². The number of nitrogens with one attached hydrogen (secondary N) is 1. The number of rotatable bonds is 5. The van der Waals surface area contributed by atoms with Crippen molar-refractivity contribution < 1.29 is 9.53 Å². The second-order valence-corrected chi connectivity index (χ2v) is 7.48. The van der Waals surface area contributed by atoms with Gasteiger partial charge in [-0.05, 0) is 28.7 Å². The first-order chi connectivity index (χ1) is 12.9. The zero-order valence-electron chi connectivity index (χ0n) is 16.2. The van der Waals surface area contributed by atoms with Gasteiger partial charge in [-0.2, -0.15) is 5.10 Å². The Morgan fingerprint density at radius 1 is 1.07 bits per heavy atom. The molecule has 0 aliphatic rings. The number of methoxy groups -OCH3 is 1. The number of aromatic nitrogens is 2. The molecule has 1 heterocycles. The van der Waals surface area contributed by atoms with Crippen molar-refractivity contribution in [1.29, 1.82) is 0 Å². The van der Waals surface area contributed by atoms with Gasteiger partial charge in [0.05, 0.1) is 25.4 Å². The van der Waals surface area contributed by atoms with Gasteiger partial charge in [-0.3, -0.25) is 4.79 Å². The number of hydrogen-bond donors (Lipinski definition) is 1. The van der Waals surface area contributed by atoms with E-state index in [1.165, 1.54) is 5.56 Å². The van der Waals surface area contributed by atoms with Crippen molar-refractivity contribution in [3.05, 3.63) is 77.5 Å². The Labute approximate surface area is 160 Å². The summed E-state index contributed by atoms with van der Waals surface area (Å²) in [4.78, 5) is 12.6. The normalized spacial score (nSPS) is 11.3. The summed E-state index contributed by atoms with van der Waals surface area (Å²) in [7, 11) is 1.55. The number of benzene rings is 2. The highest BCUT2D eigenvalue weighted by atomic mass is 16.5. The van der Waals surface area contributed by atoms with Crippen LogP contribution in [-0.2, 0) is 12.0 Å². The van der Waals surface area contributed by atoms with Crippen LogP contribution in [0.3, 0.4) is 0 Å². The van der Waals surface area contributed by atoms with Crippen LogP contribution < -0.4 is 10.1 Å². The van der Waals surface area contributed by atoms with Crippen LogP contribution in [0.1, 0.15) is 42.3 Å². The molecule has 2 aromatic carbocycles. The van der Waals surface area contributed by atoms with Crippen molar-refractivity contribution in [2.75, 3.05) is 12.4 Å². The van der Waals surface area contributed by atoms with Crippen molar-refractivity contribution in [3.8, 4) is 5.75 Å². The summed E-state index contributed by atoms with van der Waals surface area (Å²) < 4.78 is 7.04. The smallest absolute Gasteiger partial charge is 0.260 e. The molecule has 140 valence electrons. The van der Waals surface area contributed by atoms with Crippen molar-refractivity contribution in [1.82, 2.24) is 9.78 Å². The van der Waals surface area contributed by atoms with Crippen molar-refractivity contribution in [3.63, 3.8) is 0 Å². The molecule has 0 saturated heterocycles. The number of carbonyl (C=O) groups is 1. The number of amides is 1. The van der Waals surface area contributed by atoms with E-state index >= 15 is 0 Å². The lowest BCUT2D eigenvalue weighted by molar-refractivity contribution is 0.102. The first-order valence-electron chi connectivity index (χ1n) is 8.94. The van der Waals surface area contributed by atoms with E-state index in [4.69, 9.17) is 4.74 Å². The van der Waals surface area contributed by atoms with Crippen LogP contribution in [0.2, 0.25) is 0 Å². The van der Waals surface area contributed by atoms with E-state index in [9.17, 15) is 4.79 Å². The lowest BCUT2D eigenvalue weighted by atomic mass is 9.87. The summed E-state index contributed by atoms with van der Waals surface area (Å²) in [5, 5.41) is 7.26. The van der Waals surface area contributed by atoms with Gasteiger partial charge in [0, 0.05) is 6.07 Å². The van der Waals surface area contributed by atoms with E-state index < -0.39 is 0 Å². The first kappa shape index (κ1) is 18.7. The van der Waals surface area contributed by atoms with Crippen LogP contribution in [0.5, 0.6) is 5.75 Å². The Hall–Kier alpha value is -3.08. The van der Waals surface area contributed by atoms with Gasteiger partial charge in [-0.25, -0.2) is 4.68 Å². The second kappa shape index (κ2) is 7.66. The number of para-hydroxylation sites is 1. The SMILES string of the molecule is COc1ccccc1C(=O)Nc1ccnn1Cc1ccc(C(C)(C)C)cc1. The maximum absolute atomic E-state index is 12.6. The molecule has 0 spiro atoms. The summed E-state index contributed by atoms with van der Waals surface area (Å²) in [6.07, 6.45) is 1.68. The molecule has 27 heavy (non-hydrogen) atoms. The molecule has 0 atom stereocenters. The highest BCUT2D eigenvalue weighted by molar-refractivity contribution is 6.05. The summed E-state index contributed by atoms with van der Waals surface area (Å²) in [5.74, 6) is 0.960. The summed E-state index contributed by atoms with van der Waals surface area (Å²) in [6, 6.07) is 17.4. The standard InChI is InChI=1S/C22H25N3O2/c1-22(2,3)17-11-9-16(10-12-17)15-25-20(13-14-23-25)24-21(26)18-7-5-6-8-19(18)27-4/h5-14H,15H2,1-4H3,(H,24,26). The Balaban J connectivity index is 1.75. The molecule has 5 heteroatoms. The van der Waals surface area contributed by atoms with Crippen LogP contribution in [0.15, 0.2) is 60.8 Å². The zero-order chi connectivity index (χ0) is 19.4. The molecule has 0 radical (unpaired) electrons. The van der Waals surface area contributed by atoms with Crippen LogP contribution in [-0.4, -0.2) is 22.8 Å². The molecule has 3 rings (SSSR count). The van der Waals surface area contributed by atoms with Gasteiger partial charge in [-0.1, -0.05) is 57.2 Å². The molecule has 1 N–H and O–H groups in total. The number of ether oxygens (including phenoxy) is 1. The predicted octanol–water partition coefficient (Wildman–Crippen LogP) is 4.49. The zero-order valence-corrected chi connectivity index (χ0v) is 16.2. The largest absolute Gasteiger partial charge is 0.496 e. The fourth-order valence-corrected chi connectivity index (χ4v) is 2.86. The molecule has 1 amide bonds. The van der Waals surface area contributed by atoms with E-state index in [0.717, 1.165) is 5.56 Å². The molecule has 0 bridgehead atoms. The minimum absolute atomic E-state index is 0.123.